The third-order valence-corrected chi connectivity index (χ3v) is 14.1. The monoisotopic (exact) mass is 791 g/mol. The van der Waals surface area contributed by atoms with Crippen LogP contribution in [0, 0.1) is 0 Å². The molecule has 0 atom stereocenters. The molecule has 0 bridgehead atoms. The molecule has 2 nitrogen and oxygen atoms in total. The molecule has 13 rings (SSSR count). The van der Waals surface area contributed by atoms with E-state index in [0.717, 1.165) is 39.0 Å². The van der Waals surface area contributed by atoms with E-state index in [-0.39, 0.29) is 5.41 Å². The zero-order chi connectivity index (χ0) is 41.2. The van der Waals surface area contributed by atoms with Crippen molar-refractivity contribution in [3.05, 3.63) is 245 Å². The molecule has 1 aromatic heterocycles. The van der Waals surface area contributed by atoms with Gasteiger partial charge in [0, 0.05) is 33.2 Å². The molecule has 1 spiro atoms. The Bertz CT molecular complexity index is 3460. The average Bonchev–Trinajstić information content (AvgIpc) is 3.88. The third-order valence-electron chi connectivity index (χ3n) is 14.1. The number of benzene rings is 9. The van der Waals surface area contributed by atoms with Gasteiger partial charge in [0.1, 0.15) is 11.2 Å². The fraction of sp³-hybridized carbons (Fsp3) is 0.0667. The van der Waals surface area contributed by atoms with Crippen molar-refractivity contribution in [1.29, 1.82) is 0 Å². The van der Waals surface area contributed by atoms with Crippen LogP contribution in [0.3, 0.4) is 0 Å². The predicted octanol–water partition coefficient (Wildman–Crippen LogP) is 15.9. The molecule has 292 valence electrons. The number of para-hydroxylation sites is 1. The molecule has 0 saturated carbocycles. The van der Waals surface area contributed by atoms with Gasteiger partial charge in [0.2, 0.25) is 0 Å². The summed E-state index contributed by atoms with van der Waals surface area (Å²) in [6, 6.07) is 74.1. The number of furan rings is 1. The van der Waals surface area contributed by atoms with E-state index in [2.05, 4.69) is 225 Å². The lowest BCUT2D eigenvalue weighted by atomic mass is 9.66. The van der Waals surface area contributed by atoms with Crippen molar-refractivity contribution in [2.24, 2.45) is 0 Å². The number of hydrogen-bond acceptors (Lipinski definition) is 2. The minimum atomic E-state index is -0.466. The Hall–Kier alpha value is -7.68. The van der Waals surface area contributed by atoms with Gasteiger partial charge in [0.25, 0.3) is 0 Å². The first-order chi connectivity index (χ1) is 30.5. The predicted molar refractivity (Wildman–Crippen MR) is 258 cm³/mol. The van der Waals surface area contributed by atoms with Gasteiger partial charge in [-0.15, -0.1) is 0 Å². The maximum atomic E-state index is 6.31. The van der Waals surface area contributed by atoms with E-state index < -0.39 is 5.41 Å². The minimum absolute atomic E-state index is 0.127. The summed E-state index contributed by atoms with van der Waals surface area (Å²) in [5.74, 6) is 0. The summed E-state index contributed by atoms with van der Waals surface area (Å²) >= 11 is 0. The molecule has 0 aliphatic heterocycles. The van der Waals surface area contributed by atoms with Crippen LogP contribution in [-0.4, -0.2) is 0 Å². The van der Waals surface area contributed by atoms with Gasteiger partial charge in [0.05, 0.1) is 5.41 Å². The van der Waals surface area contributed by atoms with Crippen LogP contribution in [0.2, 0.25) is 0 Å². The zero-order valence-electron chi connectivity index (χ0n) is 34.6. The first-order valence-corrected chi connectivity index (χ1v) is 21.7. The number of nitrogens with zero attached hydrogens (tertiary/aromatic N) is 1. The van der Waals surface area contributed by atoms with Gasteiger partial charge in [-0.25, -0.2) is 0 Å². The third kappa shape index (κ3) is 4.75. The molecule has 0 unspecified atom stereocenters. The van der Waals surface area contributed by atoms with Crippen LogP contribution in [-0.2, 0) is 10.8 Å². The van der Waals surface area contributed by atoms with Gasteiger partial charge in [0.15, 0.2) is 0 Å². The summed E-state index contributed by atoms with van der Waals surface area (Å²) in [7, 11) is 0. The van der Waals surface area contributed by atoms with Crippen LogP contribution in [0.5, 0.6) is 0 Å². The molecule has 0 fully saturated rings. The standard InChI is InChI=1S/C60H41NO/c1-59(2)52-22-10-5-16-45(52)46-34-32-43(37-55(46)59)61(42-33-35-57-49(36-42)47-17-7-12-25-56(47)62-57)41-30-28-38(29-31-41)44-19-13-24-54-58(44)48-18-6-11-23-53(48)60(54)50-20-8-3-14-39(50)26-27-40-15-4-9-21-51(40)60/h3-37H,1-2H3. The minimum Gasteiger partial charge on any atom is -0.456 e. The Balaban J connectivity index is 0.994. The van der Waals surface area contributed by atoms with E-state index in [0.29, 0.717) is 0 Å². The summed E-state index contributed by atoms with van der Waals surface area (Å²) in [4.78, 5) is 2.41. The Morgan fingerprint density at radius 3 is 1.69 bits per heavy atom. The lowest BCUT2D eigenvalue weighted by molar-refractivity contribution is 0.660. The van der Waals surface area contributed by atoms with E-state index in [9.17, 15) is 0 Å². The first-order valence-electron chi connectivity index (χ1n) is 21.7. The largest absolute Gasteiger partial charge is 0.456 e. The highest BCUT2D eigenvalue weighted by atomic mass is 16.3. The molecule has 1 heterocycles. The van der Waals surface area contributed by atoms with E-state index >= 15 is 0 Å². The Labute approximate surface area is 361 Å². The van der Waals surface area contributed by atoms with Crippen molar-refractivity contribution >= 4 is 51.2 Å². The van der Waals surface area contributed by atoms with Gasteiger partial charge >= 0.3 is 0 Å². The van der Waals surface area contributed by atoms with Crippen LogP contribution in [0.25, 0.3) is 67.5 Å². The summed E-state index contributed by atoms with van der Waals surface area (Å²) in [6.07, 6.45) is 4.59. The van der Waals surface area contributed by atoms with Crippen molar-refractivity contribution in [3.8, 4) is 33.4 Å². The van der Waals surface area contributed by atoms with Crippen molar-refractivity contribution in [2.75, 3.05) is 4.90 Å². The summed E-state index contributed by atoms with van der Waals surface area (Å²) in [6.45, 7) is 4.71. The maximum absolute atomic E-state index is 6.31. The summed E-state index contributed by atoms with van der Waals surface area (Å²) in [5.41, 5.74) is 22.7. The van der Waals surface area contributed by atoms with Crippen LogP contribution < -0.4 is 4.90 Å². The van der Waals surface area contributed by atoms with E-state index in [4.69, 9.17) is 4.42 Å². The number of rotatable bonds is 4. The second kappa shape index (κ2) is 12.9. The second-order valence-corrected chi connectivity index (χ2v) is 17.6. The smallest absolute Gasteiger partial charge is 0.135 e. The van der Waals surface area contributed by atoms with Crippen molar-refractivity contribution in [1.82, 2.24) is 0 Å². The van der Waals surface area contributed by atoms with Gasteiger partial charge in [-0.2, -0.15) is 0 Å². The molecule has 9 aromatic carbocycles. The molecular weight excluding hydrogens is 751 g/mol. The molecular formula is C60H41NO. The van der Waals surface area contributed by atoms with E-state index in [1.54, 1.807) is 0 Å². The normalized spacial score (nSPS) is 14.5. The zero-order valence-corrected chi connectivity index (χ0v) is 34.6. The van der Waals surface area contributed by atoms with Crippen LogP contribution >= 0.6 is 0 Å². The molecule has 62 heavy (non-hydrogen) atoms. The molecule has 2 heteroatoms. The molecule has 0 amide bonds. The number of anilines is 3. The Morgan fingerprint density at radius 2 is 0.919 bits per heavy atom. The molecule has 3 aliphatic rings. The highest BCUT2D eigenvalue weighted by Gasteiger charge is 2.49. The van der Waals surface area contributed by atoms with E-state index in [1.807, 2.05) is 6.07 Å². The summed E-state index contributed by atoms with van der Waals surface area (Å²) < 4.78 is 6.31. The summed E-state index contributed by atoms with van der Waals surface area (Å²) in [5, 5.41) is 2.23. The highest BCUT2D eigenvalue weighted by molar-refractivity contribution is 6.07. The second-order valence-electron chi connectivity index (χ2n) is 17.6. The number of hydrogen-bond donors (Lipinski definition) is 0. The maximum Gasteiger partial charge on any atom is 0.135 e. The highest BCUT2D eigenvalue weighted by Crippen LogP contribution is 2.60. The van der Waals surface area contributed by atoms with Gasteiger partial charge in [-0.05, 0) is 126 Å². The first kappa shape index (κ1) is 35.1. The number of fused-ring (bicyclic) bond motifs is 15. The quantitative estimate of drug-likeness (QED) is 0.177. The Kier molecular flexibility index (Phi) is 7.31. The SMILES string of the molecule is CC1(C)c2ccccc2-c2ccc(N(c3ccc(-c4cccc5c4-c4ccccc4C54c5ccccc5C=Cc5ccccc54)cc3)c3ccc4oc5ccccc5c4c3)cc21. The van der Waals surface area contributed by atoms with Crippen molar-refractivity contribution in [3.63, 3.8) is 0 Å². The fourth-order valence-corrected chi connectivity index (χ4v) is 11.4. The lowest BCUT2D eigenvalue weighted by Gasteiger charge is -2.35. The van der Waals surface area contributed by atoms with E-state index in [1.165, 1.54) is 77.9 Å². The van der Waals surface area contributed by atoms with Gasteiger partial charge in [-0.1, -0.05) is 178 Å². The van der Waals surface area contributed by atoms with Crippen molar-refractivity contribution < 1.29 is 4.42 Å². The molecule has 3 aliphatic carbocycles. The molecule has 0 radical (unpaired) electrons. The van der Waals surface area contributed by atoms with Crippen LogP contribution in [0.15, 0.2) is 205 Å². The fourth-order valence-electron chi connectivity index (χ4n) is 11.4. The Morgan fingerprint density at radius 1 is 0.371 bits per heavy atom. The average molecular weight is 792 g/mol. The molecule has 0 saturated heterocycles. The molecule has 0 N–H and O–H groups in total. The topological polar surface area (TPSA) is 16.4 Å². The van der Waals surface area contributed by atoms with Crippen LogP contribution in [0.1, 0.15) is 58.4 Å². The van der Waals surface area contributed by atoms with Gasteiger partial charge in [-0.3, -0.25) is 0 Å². The lowest BCUT2D eigenvalue weighted by Crippen LogP contribution is -2.29. The molecule has 10 aromatic rings. The van der Waals surface area contributed by atoms with Gasteiger partial charge < -0.3 is 9.32 Å². The van der Waals surface area contributed by atoms with Crippen LogP contribution in [0.4, 0.5) is 17.1 Å². The van der Waals surface area contributed by atoms with Crippen molar-refractivity contribution in [2.45, 2.75) is 24.7 Å².